The fourth-order valence-corrected chi connectivity index (χ4v) is 2.18. The molecule has 16 heavy (non-hydrogen) atoms. The summed E-state index contributed by atoms with van der Waals surface area (Å²) in [7, 11) is 0. The number of hydrogen-bond donors (Lipinski definition) is 1. The zero-order valence-corrected chi connectivity index (χ0v) is 10.1. The van der Waals surface area contributed by atoms with Gasteiger partial charge in [0.15, 0.2) is 0 Å². The molecule has 2 nitrogen and oxygen atoms in total. The van der Waals surface area contributed by atoms with Gasteiger partial charge in [0, 0.05) is 18.3 Å². The van der Waals surface area contributed by atoms with Crippen molar-refractivity contribution in [1.29, 1.82) is 0 Å². The van der Waals surface area contributed by atoms with Gasteiger partial charge < -0.3 is 4.98 Å². The monoisotopic (exact) mass is 214 g/mol. The molecule has 0 radical (unpaired) electrons. The van der Waals surface area contributed by atoms with E-state index in [0.717, 1.165) is 12.2 Å². The third kappa shape index (κ3) is 1.87. The minimum atomic E-state index is 0.384. The van der Waals surface area contributed by atoms with Crippen LogP contribution in [0, 0.1) is 13.8 Å². The van der Waals surface area contributed by atoms with Gasteiger partial charge in [-0.25, -0.2) is 4.98 Å². The number of aromatic amines is 1. The molecule has 1 N–H and O–H groups in total. The Morgan fingerprint density at radius 3 is 2.75 bits per heavy atom. The number of aromatic nitrogens is 2. The third-order valence-corrected chi connectivity index (χ3v) is 3.28. The second-order valence-corrected chi connectivity index (χ2v) is 4.22. The minimum absolute atomic E-state index is 0.384. The van der Waals surface area contributed by atoms with E-state index in [0.29, 0.717) is 5.92 Å². The zero-order chi connectivity index (χ0) is 11.5. The highest BCUT2D eigenvalue weighted by Crippen LogP contribution is 2.28. The predicted molar refractivity (Wildman–Crippen MR) is 66.6 cm³/mol. The summed E-state index contributed by atoms with van der Waals surface area (Å²) in [6, 6.07) is 6.50. The van der Waals surface area contributed by atoms with E-state index in [1.807, 2.05) is 12.4 Å². The topological polar surface area (TPSA) is 28.7 Å². The number of nitrogens with one attached hydrogen (secondary N) is 1. The highest BCUT2D eigenvalue weighted by atomic mass is 14.9. The molecule has 0 spiro atoms. The van der Waals surface area contributed by atoms with Crippen molar-refractivity contribution in [3.8, 4) is 0 Å². The largest absolute Gasteiger partial charge is 0.348 e. The van der Waals surface area contributed by atoms with Crippen LogP contribution in [-0.4, -0.2) is 9.97 Å². The molecule has 0 amide bonds. The summed E-state index contributed by atoms with van der Waals surface area (Å²) in [6.45, 7) is 6.55. The third-order valence-electron chi connectivity index (χ3n) is 3.28. The summed E-state index contributed by atoms with van der Waals surface area (Å²) < 4.78 is 0. The zero-order valence-electron chi connectivity index (χ0n) is 10.1. The van der Waals surface area contributed by atoms with Crippen LogP contribution < -0.4 is 0 Å². The number of aryl methyl sites for hydroxylation is 1. The highest BCUT2D eigenvalue weighted by Gasteiger charge is 2.16. The summed E-state index contributed by atoms with van der Waals surface area (Å²) in [5.74, 6) is 1.45. The van der Waals surface area contributed by atoms with E-state index in [1.54, 1.807) is 0 Å². The highest BCUT2D eigenvalue weighted by molar-refractivity contribution is 5.38. The van der Waals surface area contributed by atoms with Crippen molar-refractivity contribution >= 4 is 0 Å². The van der Waals surface area contributed by atoms with E-state index >= 15 is 0 Å². The van der Waals surface area contributed by atoms with Gasteiger partial charge in [-0.1, -0.05) is 25.1 Å². The van der Waals surface area contributed by atoms with Crippen molar-refractivity contribution in [3.05, 3.63) is 53.1 Å². The van der Waals surface area contributed by atoms with E-state index in [4.69, 9.17) is 0 Å². The number of benzene rings is 1. The molecule has 0 saturated carbocycles. The number of imidazole rings is 1. The maximum atomic E-state index is 4.38. The van der Waals surface area contributed by atoms with Crippen LogP contribution in [0.1, 0.15) is 41.8 Å². The predicted octanol–water partition coefficient (Wildman–Crippen LogP) is 3.57. The van der Waals surface area contributed by atoms with Gasteiger partial charge >= 0.3 is 0 Å². The molecule has 1 atom stereocenters. The number of H-pyrrole nitrogens is 1. The van der Waals surface area contributed by atoms with Gasteiger partial charge in [0.1, 0.15) is 5.82 Å². The van der Waals surface area contributed by atoms with E-state index in [-0.39, 0.29) is 0 Å². The molecule has 84 valence electrons. The van der Waals surface area contributed by atoms with Crippen LogP contribution >= 0.6 is 0 Å². The second kappa shape index (κ2) is 4.52. The lowest BCUT2D eigenvalue weighted by Crippen LogP contribution is -2.04. The molecule has 0 fully saturated rings. The first kappa shape index (κ1) is 10.9. The number of hydrogen-bond acceptors (Lipinski definition) is 1. The van der Waals surface area contributed by atoms with Crippen LogP contribution in [-0.2, 0) is 0 Å². The number of rotatable bonds is 3. The Kier molecular flexibility index (Phi) is 3.09. The van der Waals surface area contributed by atoms with Gasteiger partial charge in [0.25, 0.3) is 0 Å². The van der Waals surface area contributed by atoms with Gasteiger partial charge in [-0.15, -0.1) is 0 Å². The van der Waals surface area contributed by atoms with Gasteiger partial charge in [-0.3, -0.25) is 0 Å². The number of nitrogens with zero attached hydrogens (tertiary/aromatic N) is 1. The molecule has 0 aliphatic rings. The van der Waals surface area contributed by atoms with Crippen molar-refractivity contribution in [2.24, 2.45) is 0 Å². The van der Waals surface area contributed by atoms with Gasteiger partial charge in [-0.2, -0.15) is 0 Å². The van der Waals surface area contributed by atoms with Crippen molar-refractivity contribution in [2.75, 3.05) is 0 Å². The van der Waals surface area contributed by atoms with E-state index in [9.17, 15) is 0 Å². The van der Waals surface area contributed by atoms with Crippen LogP contribution in [0.5, 0.6) is 0 Å². The van der Waals surface area contributed by atoms with E-state index in [1.165, 1.54) is 16.7 Å². The molecule has 0 saturated heterocycles. The van der Waals surface area contributed by atoms with Crippen molar-refractivity contribution in [3.63, 3.8) is 0 Å². The summed E-state index contributed by atoms with van der Waals surface area (Å²) in [5, 5.41) is 0. The normalized spacial score (nSPS) is 12.7. The molecule has 0 aliphatic carbocycles. The molecule has 0 unspecified atom stereocenters. The fraction of sp³-hybridized carbons (Fsp3) is 0.357. The summed E-state index contributed by atoms with van der Waals surface area (Å²) >= 11 is 0. The van der Waals surface area contributed by atoms with Crippen LogP contribution in [0.3, 0.4) is 0 Å². The Labute approximate surface area is 96.7 Å². The molecule has 1 aromatic heterocycles. The van der Waals surface area contributed by atoms with Crippen molar-refractivity contribution in [1.82, 2.24) is 9.97 Å². The van der Waals surface area contributed by atoms with Gasteiger partial charge in [-0.05, 0) is 37.0 Å². The van der Waals surface area contributed by atoms with Crippen molar-refractivity contribution in [2.45, 2.75) is 33.1 Å². The van der Waals surface area contributed by atoms with Gasteiger partial charge in [0.2, 0.25) is 0 Å². The van der Waals surface area contributed by atoms with Crippen LogP contribution in [0.15, 0.2) is 30.6 Å². The molecular weight excluding hydrogens is 196 g/mol. The first-order valence-electron chi connectivity index (χ1n) is 5.79. The molecule has 1 aromatic carbocycles. The Balaban J connectivity index is 2.45. The molecule has 1 heterocycles. The fourth-order valence-electron chi connectivity index (χ4n) is 2.18. The average Bonchev–Trinajstić information content (AvgIpc) is 2.79. The molecule has 2 aromatic rings. The summed E-state index contributed by atoms with van der Waals surface area (Å²) in [6.07, 6.45) is 4.78. The Morgan fingerprint density at radius 2 is 2.12 bits per heavy atom. The Hall–Kier alpha value is -1.57. The first-order valence-corrected chi connectivity index (χ1v) is 5.79. The van der Waals surface area contributed by atoms with Crippen LogP contribution in [0.4, 0.5) is 0 Å². The molecule has 0 aliphatic heterocycles. The maximum Gasteiger partial charge on any atom is 0.113 e. The lowest BCUT2D eigenvalue weighted by atomic mass is 9.90. The Bertz CT molecular complexity index is 458. The SMILES string of the molecule is CC[C@H](c1ncc[nH]1)c1cccc(C)c1C. The lowest BCUT2D eigenvalue weighted by Gasteiger charge is -2.16. The quantitative estimate of drug-likeness (QED) is 0.831. The average molecular weight is 214 g/mol. The Morgan fingerprint density at radius 1 is 1.31 bits per heavy atom. The molecule has 2 heteroatoms. The smallest absolute Gasteiger partial charge is 0.113 e. The van der Waals surface area contributed by atoms with E-state index in [2.05, 4.69) is 48.9 Å². The lowest BCUT2D eigenvalue weighted by molar-refractivity contribution is 0.723. The standard InChI is InChI=1S/C14H18N2/c1-4-12(14-15-8-9-16-14)13-7-5-6-10(2)11(13)3/h5-9,12H,4H2,1-3H3,(H,15,16)/t12-/m0/s1. The van der Waals surface area contributed by atoms with Crippen molar-refractivity contribution < 1.29 is 0 Å². The first-order chi connectivity index (χ1) is 7.74. The van der Waals surface area contributed by atoms with E-state index < -0.39 is 0 Å². The van der Waals surface area contributed by atoms with Crippen LogP contribution in [0.25, 0.3) is 0 Å². The molecule has 0 bridgehead atoms. The molecular formula is C14H18N2. The summed E-state index contributed by atoms with van der Waals surface area (Å²) in [5.41, 5.74) is 4.12. The van der Waals surface area contributed by atoms with Crippen LogP contribution in [0.2, 0.25) is 0 Å². The van der Waals surface area contributed by atoms with Gasteiger partial charge in [0.05, 0.1) is 0 Å². The summed E-state index contributed by atoms with van der Waals surface area (Å²) in [4.78, 5) is 7.60. The maximum absolute atomic E-state index is 4.38. The molecule has 2 rings (SSSR count). The second-order valence-electron chi connectivity index (χ2n) is 4.22. The minimum Gasteiger partial charge on any atom is -0.348 e.